The quantitative estimate of drug-likeness (QED) is 0.129. The van der Waals surface area contributed by atoms with Gasteiger partial charge in [0.1, 0.15) is 0 Å². The standard InChI is InChI=1S/C40H72O/c1-30(18-13-20-32(3)23-25-37-34(5)22-15-27-39(37,7)8)16-11-12-17-31(2)19-14-21-33(4)24-26-38-35(6)28-36(41)29-40(38,9)10/h16,31-33,36,41H,11-15,17-29H2,1-10H3/b30-16+/t31?,32?,33-,36+/m0/s1. The minimum atomic E-state index is -0.141. The highest BCUT2D eigenvalue weighted by molar-refractivity contribution is 5.24. The lowest BCUT2D eigenvalue weighted by molar-refractivity contribution is 0.112. The average Bonchev–Trinajstić information content (AvgIpc) is 2.84. The third-order valence-corrected chi connectivity index (χ3v) is 11.1. The van der Waals surface area contributed by atoms with Crippen LogP contribution < -0.4 is 0 Å². The second kappa shape index (κ2) is 17.5. The van der Waals surface area contributed by atoms with Crippen LogP contribution in [-0.2, 0) is 0 Å². The van der Waals surface area contributed by atoms with E-state index in [4.69, 9.17) is 0 Å². The third kappa shape index (κ3) is 13.1. The van der Waals surface area contributed by atoms with Gasteiger partial charge in [-0.2, -0.15) is 0 Å². The molecule has 41 heavy (non-hydrogen) atoms. The highest BCUT2D eigenvalue weighted by atomic mass is 16.3. The lowest BCUT2D eigenvalue weighted by Crippen LogP contribution is -2.29. The number of allylic oxidation sites excluding steroid dienone is 5. The van der Waals surface area contributed by atoms with Crippen molar-refractivity contribution >= 4 is 0 Å². The molecule has 2 aliphatic rings. The zero-order valence-electron chi connectivity index (χ0n) is 29.6. The van der Waals surface area contributed by atoms with Gasteiger partial charge in [0, 0.05) is 0 Å². The predicted octanol–water partition coefficient (Wildman–Crippen LogP) is 12.9. The molecule has 0 radical (unpaired) electrons. The Kier molecular flexibility index (Phi) is 15.5. The molecule has 0 saturated carbocycles. The number of hydrogen-bond donors (Lipinski definition) is 1. The van der Waals surface area contributed by atoms with Crippen LogP contribution in [0.1, 0.15) is 185 Å². The second-order valence-corrected chi connectivity index (χ2v) is 16.4. The van der Waals surface area contributed by atoms with Gasteiger partial charge in [0.2, 0.25) is 0 Å². The Hall–Kier alpha value is -0.820. The predicted molar refractivity (Wildman–Crippen MR) is 183 cm³/mol. The summed E-state index contributed by atoms with van der Waals surface area (Å²) in [7, 11) is 0. The maximum atomic E-state index is 10.2. The number of hydrogen-bond acceptors (Lipinski definition) is 1. The van der Waals surface area contributed by atoms with Gasteiger partial charge in [0.15, 0.2) is 0 Å². The van der Waals surface area contributed by atoms with Crippen molar-refractivity contribution in [2.24, 2.45) is 28.6 Å². The van der Waals surface area contributed by atoms with Gasteiger partial charge in [-0.25, -0.2) is 0 Å². The highest BCUT2D eigenvalue weighted by Gasteiger charge is 2.32. The summed E-state index contributed by atoms with van der Waals surface area (Å²) in [6.07, 6.45) is 25.7. The van der Waals surface area contributed by atoms with Crippen molar-refractivity contribution in [2.75, 3.05) is 0 Å². The molecule has 4 atom stereocenters. The fourth-order valence-corrected chi connectivity index (χ4v) is 8.29. The van der Waals surface area contributed by atoms with Crippen molar-refractivity contribution in [1.82, 2.24) is 0 Å². The van der Waals surface area contributed by atoms with Crippen molar-refractivity contribution in [3.8, 4) is 0 Å². The minimum Gasteiger partial charge on any atom is -0.393 e. The number of aliphatic hydroxyl groups is 1. The van der Waals surface area contributed by atoms with Gasteiger partial charge in [-0.3, -0.25) is 0 Å². The smallest absolute Gasteiger partial charge is 0.0585 e. The van der Waals surface area contributed by atoms with Gasteiger partial charge in [-0.15, -0.1) is 0 Å². The molecule has 0 aromatic carbocycles. The first-order chi connectivity index (χ1) is 19.2. The van der Waals surface area contributed by atoms with E-state index in [0.29, 0.717) is 5.41 Å². The van der Waals surface area contributed by atoms with Gasteiger partial charge >= 0.3 is 0 Å². The van der Waals surface area contributed by atoms with E-state index in [1.807, 2.05) is 0 Å². The SMILES string of the molecule is CC1=C(CCC(C)CCC/C(C)=C/CCCC(C)CCC[C@H](C)CCC2=C(C)C[C@@H](O)CC2(C)C)C(C)(C)CCC1. The maximum absolute atomic E-state index is 10.2. The topological polar surface area (TPSA) is 20.2 Å². The molecule has 0 spiro atoms. The van der Waals surface area contributed by atoms with E-state index in [9.17, 15) is 5.11 Å². The molecule has 0 amide bonds. The van der Waals surface area contributed by atoms with Crippen molar-refractivity contribution in [3.63, 3.8) is 0 Å². The molecular weight excluding hydrogens is 496 g/mol. The van der Waals surface area contributed by atoms with Gasteiger partial charge in [0.25, 0.3) is 0 Å². The fourth-order valence-electron chi connectivity index (χ4n) is 8.29. The van der Waals surface area contributed by atoms with Crippen LogP contribution >= 0.6 is 0 Å². The monoisotopic (exact) mass is 569 g/mol. The lowest BCUT2D eigenvalue weighted by Gasteiger charge is -2.37. The van der Waals surface area contributed by atoms with Crippen LogP contribution in [0.25, 0.3) is 0 Å². The van der Waals surface area contributed by atoms with Crippen LogP contribution in [0.5, 0.6) is 0 Å². The summed E-state index contributed by atoms with van der Waals surface area (Å²) >= 11 is 0. The molecule has 1 heteroatoms. The molecule has 0 aromatic rings. The van der Waals surface area contributed by atoms with Crippen molar-refractivity contribution < 1.29 is 5.11 Å². The van der Waals surface area contributed by atoms with Gasteiger partial charge < -0.3 is 5.11 Å². The molecule has 238 valence electrons. The van der Waals surface area contributed by atoms with Crippen LogP contribution in [0.15, 0.2) is 33.9 Å². The first-order valence-corrected chi connectivity index (χ1v) is 17.9. The van der Waals surface area contributed by atoms with Crippen LogP contribution in [0.4, 0.5) is 0 Å². The Balaban J connectivity index is 1.54. The molecule has 0 aromatic heterocycles. The Morgan fingerprint density at radius 1 is 0.780 bits per heavy atom. The van der Waals surface area contributed by atoms with Gasteiger partial charge in [-0.1, -0.05) is 115 Å². The Labute approximate surface area is 258 Å². The summed E-state index contributed by atoms with van der Waals surface area (Å²) < 4.78 is 0. The zero-order valence-corrected chi connectivity index (χ0v) is 29.6. The zero-order chi connectivity index (χ0) is 30.6. The van der Waals surface area contributed by atoms with E-state index in [0.717, 1.165) is 30.6 Å². The minimum absolute atomic E-state index is 0.141. The second-order valence-electron chi connectivity index (χ2n) is 16.4. The summed E-state index contributed by atoms with van der Waals surface area (Å²) in [6, 6.07) is 0. The molecule has 0 aliphatic heterocycles. The molecule has 1 N–H and O–H groups in total. The first kappa shape index (κ1) is 36.4. The molecule has 0 fully saturated rings. The normalized spacial score (nSPS) is 23.6. The Bertz CT molecular complexity index is 865. The molecule has 0 saturated heterocycles. The van der Waals surface area contributed by atoms with E-state index in [2.05, 4.69) is 75.3 Å². The van der Waals surface area contributed by atoms with Crippen LogP contribution in [0.3, 0.4) is 0 Å². The third-order valence-electron chi connectivity index (χ3n) is 11.1. The number of unbranched alkanes of at least 4 members (excludes halogenated alkanes) is 1. The number of rotatable bonds is 18. The van der Waals surface area contributed by atoms with E-state index >= 15 is 0 Å². The van der Waals surface area contributed by atoms with Gasteiger partial charge in [0.05, 0.1) is 6.10 Å². The first-order valence-electron chi connectivity index (χ1n) is 17.9. The summed E-state index contributed by atoms with van der Waals surface area (Å²) in [6.45, 7) is 24.0. The summed E-state index contributed by atoms with van der Waals surface area (Å²) in [4.78, 5) is 0. The molecule has 2 unspecified atom stereocenters. The molecule has 0 bridgehead atoms. The summed E-state index contributed by atoms with van der Waals surface area (Å²) in [5.41, 5.74) is 8.79. The van der Waals surface area contributed by atoms with Crippen molar-refractivity contribution in [2.45, 2.75) is 191 Å². The highest BCUT2D eigenvalue weighted by Crippen LogP contribution is 2.44. The maximum Gasteiger partial charge on any atom is 0.0585 e. The van der Waals surface area contributed by atoms with E-state index in [1.54, 1.807) is 22.3 Å². The average molecular weight is 569 g/mol. The van der Waals surface area contributed by atoms with Gasteiger partial charge in [-0.05, 0) is 133 Å². The molecular formula is C40H72O. The molecule has 0 heterocycles. The largest absolute Gasteiger partial charge is 0.393 e. The van der Waals surface area contributed by atoms with Crippen LogP contribution in [0.2, 0.25) is 0 Å². The van der Waals surface area contributed by atoms with Crippen molar-refractivity contribution in [1.29, 1.82) is 0 Å². The van der Waals surface area contributed by atoms with E-state index in [1.165, 1.54) is 108 Å². The van der Waals surface area contributed by atoms with Crippen LogP contribution in [-0.4, -0.2) is 11.2 Å². The molecule has 2 aliphatic carbocycles. The lowest BCUT2D eigenvalue weighted by atomic mass is 9.69. The summed E-state index contributed by atoms with van der Waals surface area (Å²) in [5, 5.41) is 10.2. The summed E-state index contributed by atoms with van der Waals surface area (Å²) in [5.74, 6) is 2.51. The van der Waals surface area contributed by atoms with Crippen molar-refractivity contribution in [3.05, 3.63) is 33.9 Å². The van der Waals surface area contributed by atoms with E-state index < -0.39 is 0 Å². The van der Waals surface area contributed by atoms with Crippen LogP contribution in [0, 0.1) is 28.6 Å². The van der Waals surface area contributed by atoms with E-state index in [-0.39, 0.29) is 11.5 Å². The Morgan fingerprint density at radius 2 is 1.32 bits per heavy atom. The molecule has 1 nitrogen and oxygen atoms in total. The number of aliphatic hydroxyl groups excluding tert-OH is 1. The Morgan fingerprint density at radius 3 is 1.90 bits per heavy atom. The molecule has 2 rings (SSSR count). The fraction of sp³-hybridized carbons (Fsp3) is 0.850.